The second-order valence-electron chi connectivity index (χ2n) is 6.27. The summed E-state index contributed by atoms with van der Waals surface area (Å²) in [6.07, 6.45) is 2.46. The number of fused-ring (bicyclic) bond motifs is 3. The lowest BCUT2D eigenvalue weighted by Gasteiger charge is -2.44. The van der Waals surface area contributed by atoms with Gasteiger partial charge in [-0.25, -0.2) is 4.39 Å². The molecule has 2 bridgehead atoms. The molecule has 124 valence electrons. The zero-order chi connectivity index (χ0) is 16.4. The Morgan fingerprint density at radius 2 is 2.08 bits per heavy atom. The predicted molar refractivity (Wildman–Crippen MR) is 90.6 cm³/mol. The predicted octanol–water partition coefficient (Wildman–Crippen LogP) is 2.92. The number of benzene rings is 1. The Morgan fingerprint density at radius 1 is 1.25 bits per heavy atom. The van der Waals surface area contributed by atoms with E-state index in [4.69, 9.17) is 4.74 Å². The SMILES string of the molecule is Fc1ccccc1C#CCOc1nsnc1C1CN2CCC1CC2. The first-order chi connectivity index (χ1) is 11.8. The molecule has 4 nitrogen and oxygen atoms in total. The summed E-state index contributed by atoms with van der Waals surface area (Å²) >= 11 is 1.19. The van der Waals surface area contributed by atoms with E-state index in [1.807, 2.05) is 0 Å². The number of aromatic nitrogens is 2. The molecule has 4 heterocycles. The Hall–Kier alpha value is -1.97. The van der Waals surface area contributed by atoms with Crippen LogP contribution < -0.4 is 4.74 Å². The monoisotopic (exact) mass is 343 g/mol. The lowest BCUT2D eigenvalue weighted by atomic mass is 9.77. The maximum absolute atomic E-state index is 13.5. The van der Waals surface area contributed by atoms with Crippen LogP contribution in [0, 0.1) is 23.6 Å². The van der Waals surface area contributed by atoms with E-state index in [1.165, 1.54) is 43.7 Å². The van der Waals surface area contributed by atoms with Gasteiger partial charge in [-0.1, -0.05) is 24.0 Å². The minimum absolute atomic E-state index is 0.188. The highest BCUT2D eigenvalue weighted by Gasteiger charge is 2.38. The third-order valence-electron chi connectivity index (χ3n) is 4.87. The van der Waals surface area contributed by atoms with E-state index in [0.29, 0.717) is 23.3 Å². The van der Waals surface area contributed by atoms with Crippen LogP contribution in [-0.4, -0.2) is 39.9 Å². The van der Waals surface area contributed by atoms with Crippen LogP contribution in [0.15, 0.2) is 24.3 Å². The highest BCUT2D eigenvalue weighted by molar-refractivity contribution is 6.99. The van der Waals surface area contributed by atoms with Gasteiger partial charge in [0.15, 0.2) is 6.61 Å². The normalized spacial score (nSPS) is 25.1. The first-order valence-corrected chi connectivity index (χ1v) is 8.95. The van der Waals surface area contributed by atoms with Crippen molar-refractivity contribution >= 4 is 11.7 Å². The van der Waals surface area contributed by atoms with Crippen molar-refractivity contribution in [1.82, 2.24) is 13.6 Å². The zero-order valence-electron chi connectivity index (χ0n) is 13.2. The van der Waals surface area contributed by atoms with Crippen molar-refractivity contribution in [3.63, 3.8) is 0 Å². The molecular weight excluding hydrogens is 325 g/mol. The smallest absolute Gasteiger partial charge is 0.250 e. The summed E-state index contributed by atoms with van der Waals surface area (Å²) in [6, 6.07) is 6.48. The number of hydrogen-bond donors (Lipinski definition) is 0. The van der Waals surface area contributed by atoms with Crippen LogP contribution in [-0.2, 0) is 0 Å². The third kappa shape index (κ3) is 3.14. The molecule has 1 unspecified atom stereocenters. The Bertz CT molecular complexity index is 774. The second kappa shape index (κ2) is 6.88. The summed E-state index contributed by atoms with van der Waals surface area (Å²) in [5, 5.41) is 0. The fraction of sp³-hybridized carbons (Fsp3) is 0.444. The molecular formula is C18H18FN3OS. The Kier molecular flexibility index (Phi) is 4.46. The van der Waals surface area contributed by atoms with Crippen LogP contribution in [0.5, 0.6) is 5.88 Å². The molecule has 3 aliphatic rings. The minimum Gasteiger partial charge on any atom is -0.463 e. The molecule has 5 rings (SSSR count). The molecule has 0 spiro atoms. The summed E-state index contributed by atoms with van der Waals surface area (Å²) in [7, 11) is 0. The lowest BCUT2D eigenvalue weighted by Crippen LogP contribution is -2.46. The molecule has 6 heteroatoms. The molecule has 0 aliphatic carbocycles. The van der Waals surface area contributed by atoms with E-state index >= 15 is 0 Å². The molecule has 0 N–H and O–H groups in total. The fourth-order valence-corrected chi connectivity index (χ4v) is 4.15. The van der Waals surface area contributed by atoms with Crippen LogP contribution in [0.1, 0.15) is 30.0 Å². The van der Waals surface area contributed by atoms with Gasteiger partial charge in [0.25, 0.3) is 0 Å². The molecule has 1 aromatic heterocycles. The summed E-state index contributed by atoms with van der Waals surface area (Å²) in [5.74, 6) is 7.05. The summed E-state index contributed by atoms with van der Waals surface area (Å²) in [5.41, 5.74) is 1.36. The van der Waals surface area contributed by atoms with Crippen molar-refractivity contribution in [2.24, 2.45) is 5.92 Å². The van der Waals surface area contributed by atoms with Crippen molar-refractivity contribution in [2.75, 3.05) is 26.2 Å². The summed E-state index contributed by atoms with van der Waals surface area (Å²) in [6.45, 7) is 3.63. The number of hydrogen-bond acceptors (Lipinski definition) is 5. The maximum atomic E-state index is 13.5. The average molecular weight is 343 g/mol. The highest BCUT2D eigenvalue weighted by Crippen LogP contribution is 2.41. The molecule has 0 radical (unpaired) electrons. The van der Waals surface area contributed by atoms with Crippen molar-refractivity contribution in [3.05, 3.63) is 41.3 Å². The van der Waals surface area contributed by atoms with Crippen LogP contribution in [0.3, 0.4) is 0 Å². The van der Waals surface area contributed by atoms with E-state index in [0.717, 1.165) is 12.2 Å². The average Bonchev–Trinajstić information content (AvgIpc) is 3.09. The molecule has 0 amide bonds. The van der Waals surface area contributed by atoms with Gasteiger partial charge >= 0.3 is 0 Å². The van der Waals surface area contributed by atoms with Gasteiger partial charge in [0.05, 0.1) is 17.3 Å². The first kappa shape index (κ1) is 15.6. The quantitative estimate of drug-likeness (QED) is 0.803. The Balaban J connectivity index is 1.42. The molecule has 3 saturated heterocycles. The second-order valence-corrected chi connectivity index (χ2v) is 6.80. The molecule has 3 aliphatic heterocycles. The zero-order valence-corrected chi connectivity index (χ0v) is 14.1. The van der Waals surface area contributed by atoms with Gasteiger partial charge in [-0.05, 0) is 44.0 Å². The van der Waals surface area contributed by atoms with Crippen LogP contribution in [0.2, 0.25) is 0 Å². The van der Waals surface area contributed by atoms with E-state index in [1.54, 1.807) is 18.2 Å². The molecule has 0 saturated carbocycles. The summed E-state index contributed by atoms with van der Waals surface area (Å²) in [4.78, 5) is 2.49. The summed E-state index contributed by atoms with van der Waals surface area (Å²) < 4.78 is 28.0. The van der Waals surface area contributed by atoms with Crippen molar-refractivity contribution < 1.29 is 9.13 Å². The largest absolute Gasteiger partial charge is 0.463 e. The number of nitrogens with zero attached hydrogens (tertiary/aromatic N) is 3. The van der Waals surface area contributed by atoms with Gasteiger partial charge in [0, 0.05) is 12.5 Å². The minimum atomic E-state index is -0.312. The third-order valence-corrected chi connectivity index (χ3v) is 5.39. The number of ether oxygens (including phenoxy) is 1. The van der Waals surface area contributed by atoms with Gasteiger partial charge < -0.3 is 9.64 Å². The molecule has 24 heavy (non-hydrogen) atoms. The van der Waals surface area contributed by atoms with Crippen molar-refractivity contribution in [2.45, 2.75) is 18.8 Å². The number of halogens is 1. The first-order valence-electron chi connectivity index (χ1n) is 8.22. The Labute approximate surface area is 145 Å². The van der Waals surface area contributed by atoms with Crippen molar-refractivity contribution in [1.29, 1.82) is 0 Å². The maximum Gasteiger partial charge on any atom is 0.250 e. The lowest BCUT2D eigenvalue weighted by molar-refractivity contribution is 0.0843. The molecule has 1 aromatic carbocycles. The molecule has 1 atom stereocenters. The highest BCUT2D eigenvalue weighted by atomic mass is 32.1. The molecule has 2 aromatic rings. The van der Waals surface area contributed by atoms with Crippen LogP contribution in [0.4, 0.5) is 4.39 Å². The van der Waals surface area contributed by atoms with Crippen LogP contribution in [0.25, 0.3) is 0 Å². The van der Waals surface area contributed by atoms with Crippen LogP contribution >= 0.6 is 11.7 Å². The van der Waals surface area contributed by atoms with E-state index in [2.05, 4.69) is 25.5 Å². The van der Waals surface area contributed by atoms with Gasteiger partial charge in [-0.15, -0.1) is 4.37 Å². The van der Waals surface area contributed by atoms with Crippen molar-refractivity contribution in [3.8, 4) is 17.7 Å². The fourth-order valence-electron chi connectivity index (χ4n) is 3.59. The number of rotatable bonds is 3. The van der Waals surface area contributed by atoms with E-state index in [9.17, 15) is 4.39 Å². The van der Waals surface area contributed by atoms with E-state index < -0.39 is 0 Å². The molecule has 3 fully saturated rings. The van der Waals surface area contributed by atoms with Gasteiger partial charge in [-0.3, -0.25) is 0 Å². The van der Waals surface area contributed by atoms with Gasteiger partial charge in [0.1, 0.15) is 11.5 Å². The van der Waals surface area contributed by atoms with Gasteiger partial charge in [0.2, 0.25) is 5.88 Å². The standard InChI is InChI=1S/C18H18FN3OS/c19-16-6-2-1-4-14(16)5-3-11-23-18-17(20-24-21-18)15-12-22-9-7-13(15)8-10-22/h1-2,4,6,13,15H,7-12H2. The number of piperidine rings is 3. The van der Waals surface area contributed by atoms with E-state index in [-0.39, 0.29) is 12.4 Å². The Morgan fingerprint density at radius 3 is 2.83 bits per heavy atom. The van der Waals surface area contributed by atoms with Gasteiger partial charge in [-0.2, -0.15) is 4.37 Å². The topological polar surface area (TPSA) is 38.3 Å².